The van der Waals surface area contributed by atoms with E-state index in [2.05, 4.69) is 9.72 Å². The first kappa shape index (κ1) is 40.2. The van der Waals surface area contributed by atoms with Crippen LogP contribution in [-0.4, -0.2) is 93.9 Å². The molecule has 0 aliphatic rings. The molecule has 0 bridgehead atoms. The lowest BCUT2D eigenvalue weighted by molar-refractivity contribution is -0.870. The third kappa shape index (κ3) is 9.28. The monoisotopic (exact) mass is 767 g/mol. The molecule has 0 aliphatic carbocycles. The number of benzene rings is 3. The van der Waals surface area contributed by atoms with Crippen molar-refractivity contribution in [3.05, 3.63) is 100 Å². The fraction of sp³-hybridized carbons (Fsp3) is 0.389. The zero-order chi connectivity index (χ0) is 37.7. The van der Waals surface area contributed by atoms with Gasteiger partial charge in [-0.2, -0.15) is 4.31 Å². The number of sulfonamides is 1. The molecule has 1 atom stereocenters. The van der Waals surface area contributed by atoms with E-state index in [1.54, 1.807) is 24.4 Å². The maximum Gasteiger partial charge on any atom is 0.326 e. The molecule has 0 amide bonds. The van der Waals surface area contributed by atoms with Crippen molar-refractivity contribution < 1.29 is 40.3 Å². The van der Waals surface area contributed by atoms with Crippen molar-refractivity contribution in [3.63, 3.8) is 0 Å². The van der Waals surface area contributed by atoms with Crippen LogP contribution < -0.4 is 4.74 Å². The summed E-state index contributed by atoms with van der Waals surface area (Å²) in [7, 11) is 3.83. The molecule has 3 aromatic carbocycles. The van der Waals surface area contributed by atoms with Gasteiger partial charge in [-0.1, -0.05) is 49.3 Å². The Kier molecular flexibility index (Phi) is 12.9. The minimum atomic E-state index is -4.51. The van der Waals surface area contributed by atoms with Gasteiger partial charge in [0, 0.05) is 29.8 Å². The maximum absolute atomic E-state index is 15.7. The van der Waals surface area contributed by atoms with Crippen LogP contribution in [0.25, 0.3) is 5.69 Å². The lowest BCUT2D eigenvalue weighted by Crippen LogP contribution is -2.48. The number of methoxy groups -OCH3 is 2. The molecule has 0 fully saturated rings. The number of esters is 1. The van der Waals surface area contributed by atoms with E-state index in [-0.39, 0.29) is 17.9 Å². The van der Waals surface area contributed by atoms with Crippen LogP contribution in [0.1, 0.15) is 37.1 Å². The van der Waals surface area contributed by atoms with Gasteiger partial charge in [0.05, 0.1) is 63.7 Å². The van der Waals surface area contributed by atoms with E-state index in [1.807, 2.05) is 51.7 Å². The third-order valence-corrected chi connectivity index (χ3v) is 11.7. The van der Waals surface area contributed by atoms with Crippen molar-refractivity contribution in [1.29, 1.82) is 0 Å². The Hall–Kier alpha value is -3.56. The quantitative estimate of drug-likeness (QED) is 0.0688. The average Bonchev–Trinajstić information content (AvgIpc) is 3.52. The number of carbonyl (C=O) groups excluding carboxylic acids is 1. The van der Waals surface area contributed by atoms with Gasteiger partial charge >= 0.3 is 5.97 Å². The van der Waals surface area contributed by atoms with Crippen LogP contribution in [0.15, 0.2) is 76.9 Å². The van der Waals surface area contributed by atoms with Gasteiger partial charge in [-0.25, -0.2) is 26.6 Å². The summed E-state index contributed by atoms with van der Waals surface area (Å²) in [6.07, 6.45) is 2.02. The molecule has 0 N–H and O–H groups in total. The molecule has 15 heteroatoms. The number of carbonyl (C=O) groups is 1. The Balaban J connectivity index is 1.67. The smallest absolute Gasteiger partial charge is 0.326 e. The molecule has 1 aromatic heterocycles. The number of aromatic nitrogens is 2. The van der Waals surface area contributed by atoms with Gasteiger partial charge in [0.2, 0.25) is 10.0 Å². The standard InChI is InChI=1S/C36H43ClF3N4O5S2/c1-36(2,25-10-16-29(37)32(19-25)48-6)33-22-41-35(43(33)27-13-11-26(39)12-14-27)50-23-24-9-15-28(20-30(24)40)51(46,47)42(17-8-18-44(3,4)5)31(21-38)34(45)49-7/h9-16,19-20,22,31H,8,17-18,21,23H2,1-7H3/q+1/t31-/m0/s1. The highest BCUT2D eigenvalue weighted by Gasteiger charge is 2.37. The average molecular weight is 768 g/mol. The van der Waals surface area contributed by atoms with E-state index in [1.165, 1.54) is 43.1 Å². The first-order valence-electron chi connectivity index (χ1n) is 16.0. The van der Waals surface area contributed by atoms with Crippen molar-refractivity contribution in [2.45, 2.75) is 47.5 Å². The highest BCUT2D eigenvalue weighted by atomic mass is 35.5. The molecule has 0 aliphatic heterocycles. The van der Waals surface area contributed by atoms with Crippen molar-refractivity contribution in [2.75, 3.05) is 55.1 Å². The number of ether oxygens (including phenoxy) is 2. The van der Waals surface area contributed by atoms with E-state index < -0.39 is 50.7 Å². The number of nitrogens with zero attached hydrogens (tertiary/aromatic N) is 4. The maximum atomic E-state index is 15.7. The minimum absolute atomic E-state index is 0.0570. The van der Waals surface area contributed by atoms with Crippen molar-refractivity contribution in [1.82, 2.24) is 13.9 Å². The molecule has 0 spiro atoms. The summed E-state index contributed by atoms with van der Waals surface area (Å²) in [5, 5.41) is 0.938. The van der Waals surface area contributed by atoms with Crippen LogP contribution >= 0.6 is 23.4 Å². The molecule has 0 radical (unpaired) electrons. The molecule has 0 saturated carbocycles. The molecule has 4 rings (SSSR count). The molecular formula is C36H43ClF3N4O5S2+. The molecule has 276 valence electrons. The highest BCUT2D eigenvalue weighted by Crippen LogP contribution is 2.39. The lowest BCUT2D eigenvalue weighted by Gasteiger charge is -2.29. The number of quaternary nitrogens is 1. The Morgan fingerprint density at radius 3 is 2.33 bits per heavy atom. The molecule has 0 saturated heterocycles. The van der Waals surface area contributed by atoms with Crippen LogP contribution in [0.4, 0.5) is 13.2 Å². The van der Waals surface area contributed by atoms with Gasteiger partial charge in [-0.3, -0.25) is 9.36 Å². The highest BCUT2D eigenvalue weighted by molar-refractivity contribution is 7.98. The predicted octanol–water partition coefficient (Wildman–Crippen LogP) is 7.03. The van der Waals surface area contributed by atoms with Gasteiger partial charge in [-0.05, 0) is 59.7 Å². The molecule has 51 heavy (non-hydrogen) atoms. The summed E-state index contributed by atoms with van der Waals surface area (Å²) in [4.78, 5) is 16.7. The number of hydrogen-bond donors (Lipinski definition) is 0. The third-order valence-electron chi connectivity index (χ3n) is 8.49. The van der Waals surface area contributed by atoms with E-state index in [9.17, 15) is 22.0 Å². The normalized spacial score (nSPS) is 13.0. The van der Waals surface area contributed by atoms with E-state index in [0.717, 1.165) is 28.7 Å². The molecule has 9 nitrogen and oxygen atoms in total. The lowest BCUT2D eigenvalue weighted by atomic mass is 9.81. The number of thioether (sulfide) groups is 1. The number of imidazole rings is 1. The van der Waals surface area contributed by atoms with Crippen LogP contribution in [0, 0.1) is 11.6 Å². The molecule has 0 unspecified atom stereocenters. The first-order valence-corrected chi connectivity index (χ1v) is 18.8. The second-order valence-corrected chi connectivity index (χ2v) is 16.7. The summed E-state index contributed by atoms with van der Waals surface area (Å²) in [6, 6.07) is 13.1. The zero-order valence-corrected chi connectivity index (χ0v) is 32.0. The van der Waals surface area contributed by atoms with Crippen LogP contribution in [0.2, 0.25) is 5.02 Å². The molecule has 1 heterocycles. The Bertz CT molecular complexity index is 1950. The summed E-state index contributed by atoms with van der Waals surface area (Å²) in [5.41, 5.74) is 1.78. The second kappa shape index (κ2) is 16.4. The van der Waals surface area contributed by atoms with Gasteiger partial charge in [0.15, 0.2) is 11.2 Å². The predicted molar refractivity (Wildman–Crippen MR) is 193 cm³/mol. The van der Waals surface area contributed by atoms with Crippen molar-refractivity contribution >= 4 is 39.4 Å². The largest absolute Gasteiger partial charge is 0.495 e. The summed E-state index contributed by atoms with van der Waals surface area (Å²) < 4.78 is 84.6. The van der Waals surface area contributed by atoms with Gasteiger partial charge in [-0.15, -0.1) is 0 Å². The second-order valence-electron chi connectivity index (χ2n) is 13.4. The number of rotatable bonds is 16. The van der Waals surface area contributed by atoms with E-state index in [0.29, 0.717) is 39.1 Å². The Labute approximate surface area is 307 Å². The van der Waals surface area contributed by atoms with Crippen LogP contribution in [0.3, 0.4) is 0 Å². The zero-order valence-electron chi connectivity index (χ0n) is 29.6. The minimum Gasteiger partial charge on any atom is -0.495 e. The number of alkyl halides is 1. The fourth-order valence-corrected chi connectivity index (χ4v) is 8.32. The summed E-state index contributed by atoms with van der Waals surface area (Å²) >= 11 is 7.50. The number of hydrogen-bond acceptors (Lipinski definition) is 7. The Morgan fingerprint density at radius 1 is 1.06 bits per heavy atom. The Morgan fingerprint density at radius 2 is 1.75 bits per heavy atom. The first-order chi connectivity index (χ1) is 23.9. The topological polar surface area (TPSA) is 90.7 Å². The van der Waals surface area contributed by atoms with Gasteiger partial charge in [0.1, 0.15) is 24.1 Å². The van der Waals surface area contributed by atoms with Crippen LogP contribution in [-0.2, 0) is 30.7 Å². The van der Waals surface area contributed by atoms with Gasteiger partial charge < -0.3 is 14.0 Å². The molecule has 4 aromatic rings. The van der Waals surface area contributed by atoms with E-state index in [4.69, 9.17) is 16.3 Å². The van der Waals surface area contributed by atoms with Gasteiger partial charge in [0.25, 0.3) is 0 Å². The van der Waals surface area contributed by atoms with Crippen molar-refractivity contribution in [2.24, 2.45) is 0 Å². The summed E-state index contributed by atoms with van der Waals surface area (Å²) in [5.74, 6) is -1.71. The summed E-state index contributed by atoms with van der Waals surface area (Å²) in [6.45, 7) is 3.06. The van der Waals surface area contributed by atoms with Crippen LogP contribution in [0.5, 0.6) is 5.75 Å². The fourth-order valence-electron chi connectivity index (χ4n) is 5.53. The van der Waals surface area contributed by atoms with Crippen molar-refractivity contribution in [3.8, 4) is 11.4 Å². The molecular weight excluding hydrogens is 725 g/mol. The number of halogens is 4. The SMILES string of the molecule is COC(=O)[C@H](CF)N(CCC[N+](C)(C)C)S(=O)(=O)c1ccc(CSc2ncc(C(C)(C)c3ccc(Cl)c(OC)c3)n2-c2ccc(F)cc2)c(F)c1. The van der Waals surface area contributed by atoms with E-state index >= 15 is 4.39 Å².